The number of carboxylic acids is 2. The number of carbonyl (C=O) groups is 11. The van der Waals surface area contributed by atoms with Gasteiger partial charge < -0.3 is 73.9 Å². The largest absolute Gasteiger partial charge is 0.508 e. The normalized spacial score (nSPS) is 16.2. The predicted octanol–water partition coefficient (Wildman–Crippen LogP) is -0.280. The SMILES string of the molecule is CC[C@H](C)[C@H](N)C(=O)N[C@@H](CC(C)C)C(=O)N[C@@H](CCCCN)C(=O)N[C@@H](CCC(=O)O)C(=O)N1CCC[C@H]1C(=O)N[C@H](C(=O)N[C@@H](Cc1cnc[nH]1)C(=O)NCC(=O)N[C@@H](Cc1ccc(O)cc1)C(=O)SCCC(=O)O)C(C)C. The van der Waals surface area contributed by atoms with Gasteiger partial charge in [0.05, 0.1) is 25.3 Å². The average Bonchev–Trinajstić information content (AvgIpc) is 4.12. The van der Waals surface area contributed by atoms with E-state index < -0.39 is 138 Å². The molecule has 3 rings (SSSR count). The van der Waals surface area contributed by atoms with Crippen molar-refractivity contribution >= 4 is 76.1 Å². The zero-order chi connectivity index (χ0) is 59.6. The molecule has 26 nitrogen and oxygen atoms in total. The van der Waals surface area contributed by atoms with Gasteiger partial charge in [-0.05, 0) is 86.9 Å². The van der Waals surface area contributed by atoms with E-state index in [0.29, 0.717) is 48.7 Å². The minimum Gasteiger partial charge on any atom is -0.508 e. The smallest absolute Gasteiger partial charge is 0.304 e. The molecule has 1 aromatic carbocycles. The zero-order valence-electron chi connectivity index (χ0n) is 46.4. The molecule has 1 saturated heterocycles. The lowest BCUT2D eigenvalue weighted by Gasteiger charge is -2.31. The van der Waals surface area contributed by atoms with Crippen LogP contribution in [0.15, 0.2) is 36.8 Å². The Morgan fingerprint density at radius 1 is 0.750 bits per heavy atom. The Morgan fingerprint density at radius 3 is 1.99 bits per heavy atom. The van der Waals surface area contributed by atoms with Gasteiger partial charge in [0.2, 0.25) is 52.4 Å². The summed E-state index contributed by atoms with van der Waals surface area (Å²) in [5.41, 5.74) is 12.9. The van der Waals surface area contributed by atoms with Crippen LogP contribution < -0.4 is 48.7 Å². The highest BCUT2D eigenvalue weighted by Crippen LogP contribution is 2.22. The second-order valence-corrected chi connectivity index (χ2v) is 21.8. The number of hydrogen-bond donors (Lipinski definition) is 13. The second kappa shape index (κ2) is 34.1. The van der Waals surface area contributed by atoms with Crippen LogP contribution in [0.25, 0.3) is 0 Å². The number of phenols is 1. The van der Waals surface area contributed by atoms with E-state index in [1.54, 1.807) is 26.0 Å². The lowest BCUT2D eigenvalue weighted by Crippen LogP contribution is -2.60. The fraction of sp³-hybridized carbons (Fsp3) is 0.623. The van der Waals surface area contributed by atoms with E-state index in [1.807, 2.05) is 27.7 Å². The Kier molecular flexibility index (Phi) is 28.6. The highest BCUT2D eigenvalue weighted by atomic mass is 32.2. The van der Waals surface area contributed by atoms with E-state index in [2.05, 4.69) is 47.2 Å². The van der Waals surface area contributed by atoms with E-state index in [9.17, 15) is 63.0 Å². The van der Waals surface area contributed by atoms with Crippen molar-refractivity contribution in [1.29, 1.82) is 0 Å². The van der Waals surface area contributed by atoms with Gasteiger partial charge in [0.25, 0.3) is 0 Å². The Labute approximate surface area is 470 Å². The number of carboxylic acid groups (broad SMARTS) is 2. The number of carbonyl (C=O) groups excluding carboxylic acids is 9. The Balaban J connectivity index is 1.80. The molecule has 1 aromatic heterocycles. The summed E-state index contributed by atoms with van der Waals surface area (Å²) in [6, 6.07) is -3.84. The number of H-pyrrole nitrogens is 1. The molecule has 1 fully saturated rings. The lowest BCUT2D eigenvalue weighted by atomic mass is 9.97. The molecule has 15 N–H and O–H groups in total. The number of aromatic hydroxyl groups is 1. The summed E-state index contributed by atoms with van der Waals surface area (Å²) < 4.78 is 0. The number of imidazole rings is 1. The quantitative estimate of drug-likeness (QED) is 0.0395. The van der Waals surface area contributed by atoms with Gasteiger partial charge in [-0.2, -0.15) is 0 Å². The van der Waals surface area contributed by atoms with Crippen molar-refractivity contribution < 1.29 is 68.1 Å². The minimum atomic E-state index is -1.48. The number of nitrogens with zero attached hydrogens (tertiary/aromatic N) is 2. The number of aromatic nitrogens is 2. The van der Waals surface area contributed by atoms with Crippen molar-refractivity contribution in [3.05, 3.63) is 48.0 Å². The molecule has 9 atom stereocenters. The van der Waals surface area contributed by atoms with Gasteiger partial charge in [-0.1, -0.05) is 71.9 Å². The molecule has 8 amide bonds. The summed E-state index contributed by atoms with van der Waals surface area (Å²) in [5.74, 6) is -9.34. The van der Waals surface area contributed by atoms with E-state index in [0.717, 1.165) is 0 Å². The number of aromatic amines is 1. The van der Waals surface area contributed by atoms with Gasteiger partial charge >= 0.3 is 11.9 Å². The summed E-state index contributed by atoms with van der Waals surface area (Å²) >= 11 is 0.711. The lowest BCUT2D eigenvalue weighted by molar-refractivity contribution is -0.144. The summed E-state index contributed by atoms with van der Waals surface area (Å²) in [6.45, 7) is 10.3. The second-order valence-electron chi connectivity index (χ2n) is 20.7. The topological polar surface area (TPSA) is 417 Å². The van der Waals surface area contributed by atoms with Crippen LogP contribution in [0, 0.1) is 17.8 Å². The maximum Gasteiger partial charge on any atom is 0.304 e. The number of hydrogen-bond acceptors (Lipinski definition) is 16. The Bertz CT molecular complexity index is 2410. The number of aliphatic carboxylic acids is 2. The number of benzene rings is 1. The molecule has 1 aliphatic rings. The van der Waals surface area contributed by atoms with Crippen LogP contribution in [0.2, 0.25) is 0 Å². The number of phenolic OH excluding ortho intramolecular Hbond substituents is 1. The number of nitrogens with two attached hydrogens (primary N) is 2. The van der Waals surface area contributed by atoms with Crippen LogP contribution in [-0.4, -0.2) is 168 Å². The van der Waals surface area contributed by atoms with Crippen molar-refractivity contribution in [1.82, 2.24) is 52.1 Å². The number of rotatable bonds is 35. The van der Waals surface area contributed by atoms with Crippen LogP contribution in [0.4, 0.5) is 0 Å². The highest BCUT2D eigenvalue weighted by molar-refractivity contribution is 8.13. The first-order chi connectivity index (χ1) is 37.8. The maximum atomic E-state index is 14.5. The average molecular weight is 1140 g/mol. The maximum absolute atomic E-state index is 14.5. The number of unbranched alkanes of at least 4 members (excludes halogenated alkanes) is 1. The van der Waals surface area contributed by atoms with Crippen LogP contribution in [0.3, 0.4) is 0 Å². The van der Waals surface area contributed by atoms with Crippen molar-refractivity contribution in [3.8, 4) is 5.75 Å². The van der Waals surface area contributed by atoms with Gasteiger partial charge in [-0.25, -0.2) is 4.98 Å². The van der Waals surface area contributed by atoms with Crippen molar-refractivity contribution in [2.24, 2.45) is 29.2 Å². The monoisotopic (exact) mass is 1140 g/mol. The van der Waals surface area contributed by atoms with Crippen molar-refractivity contribution in [2.75, 3.05) is 25.4 Å². The number of likely N-dealkylation sites (tertiary alicyclic amines) is 1. The Hall–Kier alpha value is -7.13. The van der Waals surface area contributed by atoms with Crippen LogP contribution in [-0.2, 0) is 65.6 Å². The summed E-state index contributed by atoms with van der Waals surface area (Å²) in [5, 5.41) is 46.4. The van der Waals surface area contributed by atoms with Crippen LogP contribution >= 0.6 is 11.8 Å². The summed E-state index contributed by atoms with van der Waals surface area (Å²) in [4.78, 5) is 155. The van der Waals surface area contributed by atoms with Gasteiger partial charge in [0, 0.05) is 43.5 Å². The van der Waals surface area contributed by atoms with Gasteiger partial charge in [0.1, 0.15) is 48.0 Å². The fourth-order valence-electron chi connectivity index (χ4n) is 8.63. The van der Waals surface area contributed by atoms with Gasteiger partial charge in [-0.15, -0.1) is 0 Å². The molecule has 0 aliphatic carbocycles. The molecule has 2 heterocycles. The minimum absolute atomic E-state index is 0.0235. The summed E-state index contributed by atoms with van der Waals surface area (Å²) in [6.07, 6.45) is 3.50. The molecular weight excluding hydrogens is 1060 g/mol. The molecule has 1 aliphatic heterocycles. The number of amides is 8. The van der Waals surface area contributed by atoms with E-state index in [1.165, 1.54) is 29.6 Å². The number of nitrogens with one attached hydrogen (secondary N) is 8. The molecule has 0 radical (unpaired) electrons. The molecule has 80 heavy (non-hydrogen) atoms. The first-order valence-electron chi connectivity index (χ1n) is 27.1. The molecule has 0 spiro atoms. The third kappa shape index (κ3) is 22.9. The van der Waals surface area contributed by atoms with Crippen LogP contribution in [0.1, 0.15) is 117 Å². The highest BCUT2D eigenvalue weighted by Gasteiger charge is 2.41. The van der Waals surface area contributed by atoms with E-state index in [4.69, 9.17) is 16.6 Å². The predicted molar refractivity (Wildman–Crippen MR) is 295 cm³/mol. The van der Waals surface area contributed by atoms with Crippen LogP contribution in [0.5, 0.6) is 5.75 Å². The molecule has 2 aromatic rings. The first kappa shape index (κ1) is 67.1. The van der Waals surface area contributed by atoms with Gasteiger partial charge in [0.15, 0.2) is 0 Å². The zero-order valence-corrected chi connectivity index (χ0v) is 47.2. The van der Waals surface area contributed by atoms with E-state index in [-0.39, 0.29) is 75.0 Å². The van der Waals surface area contributed by atoms with Crippen molar-refractivity contribution in [3.63, 3.8) is 0 Å². The standard InChI is InChI=1S/C53H82N12O14S/c1-7-31(6)44(55)50(76)62-37(23-29(2)3)48(74)60-35(11-8-9-20-54)47(73)61-36(17-18-42(68)69)52(78)65-21-10-12-40(65)49(75)64-45(30(4)5)51(77)63-38(25-33-26-56-28-58-33)46(72)57-27-41(67)59-39(53(79)80-22-19-43(70)71)24-32-13-15-34(66)16-14-32/h13-16,26,28-31,35-40,44-45,66H,7-12,17-25,27,54-55H2,1-6H3,(H,56,58)(H,57,72)(H,59,67)(H,60,74)(H,61,73)(H,62,76)(H,63,77)(H,64,75)(H,68,69)(H,70,71)/t31-,35-,36-,37-,38-,39-,40-,44-,45-/m0/s1. The molecule has 27 heteroatoms. The number of thioether (sulfide) groups is 1. The fourth-order valence-corrected chi connectivity index (χ4v) is 9.45. The Morgan fingerprint density at radius 2 is 1.39 bits per heavy atom. The molecule has 0 unspecified atom stereocenters. The molecular formula is C53H82N12O14S. The van der Waals surface area contributed by atoms with E-state index >= 15 is 0 Å². The molecule has 0 bridgehead atoms. The molecule has 0 saturated carbocycles. The van der Waals surface area contributed by atoms with Crippen molar-refractivity contribution in [2.45, 2.75) is 167 Å². The van der Waals surface area contributed by atoms with Gasteiger partial charge in [-0.3, -0.25) is 52.7 Å². The third-order valence-corrected chi connectivity index (χ3v) is 14.4. The third-order valence-electron chi connectivity index (χ3n) is 13.4. The molecule has 444 valence electrons. The summed E-state index contributed by atoms with van der Waals surface area (Å²) in [7, 11) is 0. The first-order valence-corrected chi connectivity index (χ1v) is 28.0.